The maximum absolute atomic E-state index is 5.86. The fourth-order valence-corrected chi connectivity index (χ4v) is 3.68. The van der Waals surface area contributed by atoms with Gasteiger partial charge in [0.05, 0.1) is 4.99 Å². The molecule has 1 saturated heterocycles. The number of hydrogen-bond acceptors (Lipinski definition) is 2. The van der Waals surface area contributed by atoms with Gasteiger partial charge in [-0.05, 0) is 43.8 Å². The maximum atomic E-state index is 5.86. The number of likely N-dealkylation sites (tertiary alicyclic amines) is 1. The normalized spacial score (nSPS) is 21.7. The van der Waals surface area contributed by atoms with Gasteiger partial charge in [-0.2, -0.15) is 0 Å². The lowest BCUT2D eigenvalue weighted by molar-refractivity contribution is 0.206. The first-order valence-electron chi connectivity index (χ1n) is 8.28. The van der Waals surface area contributed by atoms with Gasteiger partial charge in [-0.3, -0.25) is 4.90 Å². The lowest BCUT2D eigenvalue weighted by Crippen LogP contribution is -2.32. The van der Waals surface area contributed by atoms with Crippen LogP contribution in [0.1, 0.15) is 57.1 Å². The van der Waals surface area contributed by atoms with Crippen molar-refractivity contribution in [3.05, 3.63) is 35.9 Å². The highest BCUT2D eigenvalue weighted by molar-refractivity contribution is 7.80. The first-order chi connectivity index (χ1) is 10.2. The standard InChI is InChI=1S/C18H28N2S/c1-2-7-15-8-6-12-20(13-11-15)17(14-18(19)21)16-9-4-3-5-10-16/h3-5,9-10,15,17H,2,6-8,11-14H2,1H3,(H2,19,21). The second-order valence-corrected chi connectivity index (χ2v) is 6.74. The van der Waals surface area contributed by atoms with Crippen molar-refractivity contribution >= 4 is 17.2 Å². The third kappa shape index (κ3) is 5.08. The summed E-state index contributed by atoms with van der Waals surface area (Å²) in [6.07, 6.45) is 7.45. The summed E-state index contributed by atoms with van der Waals surface area (Å²) in [6.45, 7) is 4.64. The van der Waals surface area contributed by atoms with Crippen LogP contribution in [0.3, 0.4) is 0 Å². The Morgan fingerprint density at radius 2 is 2.05 bits per heavy atom. The zero-order valence-electron chi connectivity index (χ0n) is 13.1. The number of hydrogen-bond donors (Lipinski definition) is 1. The number of rotatable bonds is 6. The molecule has 0 aromatic heterocycles. The second kappa shape index (κ2) is 8.50. The largest absolute Gasteiger partial charge is 0.393 e. The molecule has 0 bridgehead atoms. The molecule has 2 unspecified atom stereocenters. The van der Waals surface area contributed by atoms with Crippen LogP contribution in [0.4, 0.5) is 0 Å². The molecule has 0 saturated carbocycles. The Morgan fingerprint density at radius 3 is 2.71 bits per heavy atom. The van der Waals surface area contributed by atoms with Gasteiger partial charge in [-0.25, -0.2) is 0 Å². The van der Waals surface area contributed by atoms with Gasteiger partial charge in [-0.1, -0.05) is 62.3 Å². The summed E-state index contributed by atoms with van der Waals surface area (Å²) in [5, 5.41) is 0. The first kappa shape index (κ1) is 16.4. The Hall–Kier alpha value is -0.930. The Bertz CT molecular complexity index is 432. The molecule has 2 nitrogen and oxygen atoms in total. The molecule has 0 aliphatic carbocycles. The number of thiocarbonyl (C=S) groups is 1. The second-order valence-electron chi connectivity index (χ2n) is 6.22. The molecule has 1 aliphatic rings. The Balaban J connectivity index is 2.08. The quantitative estimate of drug-likeness (QED) is 0.794. The average Bonchev–Trinajstić information content (AvgIpc) is 2.72. The average molecular weight is 305 g/mol. The van der Waals surface area contributed by atoms with E-state index in [-0.39, 0.29) is 0 Å². The van der Waals surface area contributed by atoms with Crippen molar-refractivity contribution in [3.63, 3.8) is 0 Å². The van der Waals surface area contributed by atoms with Crippen molar-refractivity contribution in [2.75, 3.05) is 13.1 Å². The summed E-state index contributed by atoms with van der Waals surface area (Å²) >= 11 is 5.19. The molecule has 116 valence electrons. The van der Waals surface area contributed by atoms with Crippen molar-refractivity contribution in [1.82, 2.24) is 4.90 Å². The van der Waals surface area contributed by atoms with Crippen LogP contribution < -0.4 is 5.73 Å². The van der Waals surface area contributed by atoms with Gasteiger partial charge in [0.25, 0.3) is 0 Å². The summed E-state index contributed by atoms with van der Waals surface area (Å²) in [5.74, 6) is 0.904. The van der Waals surface area contributed by atoms with Crippen molar-refractivity contribution in [2.45, 2.75) is 51.5 Å². The highest BCUT2D eigenvalue weighted by Crippen LogP contribution is 2.30. The zero-order valence-corrected chi connectivity index (χ0v) is 13.9. The van der Waals surface area contributed by atoms with Crippen molar-refractivity contribution in [3.8, 4) is 0 Å². The number of nitrogens with zero attached hydrogens (tertiary/aromatic N) is 1. The van der Waals surface area contributed by atoms with Gasteiger partial charge < -0.3 is 5.73 Å². The Kier molecular flexibility index (Phi) is 6.65. The van der Waals surface area contributed by atoms with Crippen LogP contribution in [-0.4, -0.2) is 23.0 Å². The monoisotopic (exact) mass is 304 g/mol. The summed E-state index contributed by atoms with van der Waals surface area (Å²) in [5.41, 5.74) is 7.20. The van der Waals surface area contributed by atoms with Gasteiger partial charge in [-0.15, -0.1) is 0 Å². The minimum absolute atomic E-state index is 0.351. The molecular formula is C18H28N2S. The molecule has 1 aromatic carbocycles. The lowest BCUT2D eigenvalue weighted by Gasteiger charge is -2.31. The zero-order chi connectivity index (χ0) is 15.1. The fourth-order valence-electron chi connectivity index (χ4n) is 3.52. The van der Waals surface area contributed by atoms with E-state index in [4.69, 9.17) is 18.0 Å². The SMILES string of the molecule is CCCC1CCCN(C(CC(N)=S)c2ccccc2)CC1. The third-order valence-electron chi connectivity index (χ3n) is 4.60. The Morgan fingerprint density at radius 1 is 1.29 bits per heavy atom. The topological polar surface area (TPSA) is 29.3 Å². The van der Waals surface area contributed by atoms with Gasteiger partial charge in [0.2, 0.25) is 0 Å². The van der Waals surface area contributed by atoms with Crippen LogP contribution in [0.2, 0.25) is 0 Å². The summed E-state index contributed by atoms with van der Waals surface area (Å²) in [4.78, 5) is 3.22. The summed E-state index contributed by atoms with van der Waals surface area (Å²) < 4.78 is 0. The number of benzene rings is 1. The van der Waals surface area contributed by atoms with Gasteiger partial charge in [0.15, 0.2) is 0 Å². The smallest absolute Gasteiger partial charge is 0.0746 e. The predicted molar refractivity (Wildman–Crippen MR) is 94.4 cm³/mol. The van der Waals surface area contributed by atoms with E-state index in [0.29, 0.717) is 11.0 Å². The summed E-state index contributed by atoms with van der Waals surface area (Å²) in [7, 11) is 0. The van der Waals surface area contributed by atoms with Gasteiger partial charge in [0.1, 0.15) is 0 Å². The van der Waals surface area contributed by atoms with E-state index in [9.17, 15) is 0 Å². The maximum Gasteiger partial charge on any atom is 0.0746 e. The molecule has 2 N–H and O–H groups in total. The van der Waals surface area contributed by atoms with E-state index in [2.05, 4.69) is 42.2 Å². The van der Waals surface area contributed by atoms with E-state index in [0.717, 1.165) is 12.3 Å². The molecule has 1 fully saturated rings. The molecule has 3 heteroatoms. The molecule has 1 aromatic rings. The van der Waals surface area contributed by atoms with Crippen molar-refractivity contribution in [2.24, 2.45) is 11.7 Å². The van der Waals surface area contributed by atoms with Crippen LogP contribution in [0.15, 0.2) is 30.3 Å². The lowest BCUT2D eigenvalue weighted by atomic mass is 9.96. The molecular weight excluding hydrogens is 276 g/mol. The van der Waals surface area contributed by atoms with Crippen LogP contribution in [0.5, 0.6) is 0 Å². The van der Waals surface area contributed by atoms with E-state index >= 15 is 0 Å². The molecule has 1 heterocycles. The minimum Gasteiger partial charge on any atom is -0.393 e. The van der Waals surface area contributed by atoms with Crippen LogP contribution >= 0.6 is 12.2 Å². The summed E-state index contributed by atoms with van der Waals surface area (Å²) in [6, 6.07) is 11.1. The minimum atomic E-state index is 0.351. The highest BCUT2D eigenvalue weighted by atomic mass is 32.1. The van der Waals surface area contributed by atoms with E-state index in [1.54, 1.807) is 0 Å². The molecule has 21 heavy (non-hydrogen) atoms. The van der Waals surface area contributed by atoms with Crippen molar-refractivity contribution < 1.29 is 0 Å². The Labute approximate surface area is 134 Å². The van der Waals surface area contributed by atoms with Gasteiger partial charge in [0, 0.05) is 12.5 Å². The van der Waals surface area contributed by atoms with Gasteiger partial charge >= 0.3 is 0 Å². The molecule has 2 atom stereocenters. The van der Waals surface area contributed by atoms with E-state index < -0.39 is 0 Å². The first-order valence-corrected chi connectivity index (χ1v) is 8.68. The highest BCUT2D eigenvalue weighted by Gasteiger charge is 2.24. The molecule has 0 radical (unpaired) electrons. The van der Waals surface area contributed by atoms with Crippen molar-refractivity contribution in [1.29, 1.82) is 0 Å². The molecule has 1 aliphatic heterocycles. The van der Waals surface area contributed by atoms with Crippen LogP contribution in [-0.2, 0) is 0 Å². The van der Waals surface area contributed by atoms with E-state index in [1.807, 2.05) is 0 Å². The van der Waals surface area contributed by atoms with Crippen LogP contribution in [0, 0.1) is 5.92 Å². The number of nitrogens with two attached hydrogens (primary N) is 1. The fraction of sp³-hybridized carbons (Fsp3) is 0.611. The molecule has 2 rings (SSSR count). The predicted octanol–water partition coefficient (Wildman–Crippen LogP) is 4.31. The molecule has 0 amide bonds. The third-order valence-corrected chi connectivity index (χ3v) is 4.77. The van der Waals surface area contributed by atoms with Crippen LogP contribution in [0.25, 0.3) is 0 Å². The van der Waals surface area contributed by atoms with E-state index in [1.165, 1.54) is 50.8 Å². The molecule has 0 spiro atoms.